The Labute approximate surface area is 138 Å². The molecule has 1 aliphatic carbocycles. The molecule has 1 saturated carbocycles. The lowest BCUT2D eigenvalue weighted by molar-refractivity contribution is -0.120. The molecule has 4 rings (SSSR count). The second kappa shape index (κ2) is 6.01. The van der Waals surface area contributed by atoms with Gasteiger partial charge in [0.05, 0.1) is 18.4 Å². The van der Waals surface area contributed by atoms with Gasteiger partial charge in [-0.1, -0.05) is 36.4 Å². The maximum Gasteiger partial charge on any atom is 0.231 e. The Morgan fingerprint density at radius 1 is 1.26 bits per heavy atom. The minimum absolute atomic E-state index is 0.0762. The van der Waals surface area contributed by atoms with Crippen LogP contribution in [0.1, 0.15) is 22.8 Å². The summed E-state index contributed by atoms with van der Waals surface area (Å²) in [6.07, 6.45) is 4.43. The number of amides is 1. The SMILES string of the molecule is O=C([C@H]1CC1c1ccccc1)N(Cc1cccs1)c1cn[nH]c1. The Balaban J connectivity index is 1.54. The largest absolute Gasteiger partial charge is 0.304 e. The van der Waals surface area contributed by atoms with Gasteiger partial charge in [0, 0.05) is 17.0 Å². The molecule has 2 aromatic heterocycles. The molecule has 23 heavy (non-hydrogen) atoms. The summed E-state index contributed by atoms with van der Waals surface area (Å²) in [6.45, 7) is 0.605. The van der Waals surface area contributed by atoms with Gasteiger partial charge in [0.2, 0.25) is 5.91 Å². The Morgan fingerprint density at radius 3 is 2.83 bits per heavy atom. The molecule has 1 amide bonds. The van der Waals surface area contributed by atoms with Crippen LogP contribution in [0.5, 0.6) is 0 Å². The number of nitrogens with one attached hydrogen (secondary N) is 1. The Kier molecular flexibility index (Phi) is 3.71. The van der Waals surface area contributed by atoms with Gasteiger partial charge < -0.3 is 4.90 Å². The Hall–Kier alpha value is -2.40. The van der Waals surface area contributed by atoms with Crippen LogP contribution in [-0.2, 0) is 11.3 Å². The van der Waals surface area contributed by atoms with Crippen LogP contribution in [0, 0.1) is 5.92 Å². The van der Waals surface area contributed by atoms with Crippen molar-refractivity contribution in [3.8, 4) is 0 Å². The van der Waals surface area contributed by atoms with Crippen LogP contribution in [0.25, 0.3) is 0 Å². The molecule has 4 nitrogen and oxygen atoms in total. The number of H-pyrrole nitrogens is 1. The highest BCUT2D eigenvalue weighted by Gasteiger charge is 2.46. The fourth-order valence-corrected chi connectivity index (χ4v) is 3.68. The van der Waals surface area contributed by atoms with Crippen LogP contribution in [0.3, 0.4) is 0 Å². The maximum atomic E-state index is 13.0. The van der Waals surface area contributed by atoms with E-state index in [1.165, 1.54) is 10.4 Å². The van der Waals surface area contributed by atoms with E-state index in [2.05, 4.69) is 28.4 Å². The summed E-state index contributed by atoms with van der Waals surface area (Å²) in [7, 11) is 0. The van der Waals surface area contributed by atoms with Gasteiger partial charge in [-0.3, -0.25) is 9.89 Å². The molecule has 1 aromatic carbocycles. The zero-order valence-electron chi connectivity index (χ0n) is 12.6. The summed E-state index contributed by atoms with van der Waals surface area (Å²) in [6, 6.07) is 14.4. The van der Waals surface area contributed by atoms with E-state index in [1.54, 1.807) is 23.7 Å². The summed E-state index contributed by atoms with van der Waals surface area (Å²) in [5.74, 6) is 0.613. The second-order valence-corrected chi connectivity index (χ2v) is 6.85. The minimum Gasteiger partial charge on any atom is -0.304 e. The highest BCUT2D eigenvalue weighted by Crippen LogP contribution is 2.49. The number of carbonyl (C=O) groups excluding carboxylic acids is 1. The fraction of sp³-hybridized carbons (Fsp3) is 0.222. The summed E-state index contributed by atoms with van der Waals surface area (Å²) in [4.78, 5) is 16.0. The predicted octanol–water partition coefficient (Wildman–Crippen LogP) is 3.81. The molecule has 0 aliphatic heterocycles. The van der Waals surface area contributed by atoms with Gasteiger partial charge in [0.1, 0.15) is 0 Å². The quantitative estimate of drug-likeness (QED) is 0.776. The average Bonchev–Trinajstić information content (AvgIpc) is 2.98. The van der Waals surface area contributed by atoms with Crippen molar-refractivity contribution in [2.75, 3.05) is 4.90 Å². The maximum absolute atomic E-state index is 13.0. The second-order valence-electron chi connectivity index (χ2n) is 5.82. The number of hydrogen-bond donors (Lipinski definition) is 1. The molecule has 0 saturated heterocycles. The third kappa shape index (κ3) is 2.92. The molecule has 2 atom stereocenters. The number of rotatable bonds is 5. The van der Waals surface area contributed by atoms with E-state index in [0.29, 0.717) is 12.5 Å². The van der Waals surface area contributed by atoms with E-state index >= 15 is 0 Å². The van der Waals surface area contributed by atoms with E-state index < -0.39 is 0 Å². The number of benzene rings is 1. The number of aromatic amines is 1. The van der Waals surface area contributed by atoms with Gasteiger partial charge in [0.25, 0.3) is 0 Å². The van der Waals surface area contributed by atoms with Gasteiger partial charge in [0.15, 0.2) is 0 Å². The van der Waals surface area contributed by atoms with E-state index in [1.807, 2.05) is 34.5 Å². The lowest BCUT2D eigenvalue weighted by Gasteiger charge is -2.20. The summed E-state index contributed by atoms with van der Waals surface area (Å²) >= 11 is 1.67. The number of thiophene rings is 1. The highest BCUT2D eigenvalue weighted by atomic mass is 32.1. The molecule has 2 heterocycles. The minimum atomic E-state index is 0.0762. The van der Waals surface area contributed by atoms with Crippen molar-refractivity contribution < 1.29 is 4.79 Å². The van der Waals surface area contributed by atoms with Gasteiger partial charge >= 0.3 is 0 Å². The van der Waals surface area contributed by atoms with E-state index in [0.717, 1.165) is 12.1 Å². The van der Waals surface area contributed by atoms with Crippen LogP contribution >= 0.6 is 11.3 Å². The molecule has 0 spiro atoms. The van der Waals surface area contributed by atoms with Crippen molar-refractivity contribution in [3.63, 3.8) is 0 Å². The highest BCUT2D eigenvalue weighted by molar-refractivity contribution is 7.09. The molecular weight excluding hydrogens is 306 g/mol. The van der Waals surface area contributed by atoms with Crippen molar-refractivity contribution in [3.05, 3.63) is 70.7 Å². The van der Waals surface area contributed by atoms with Crippen molar-refractivity contribution in [1.29, 1.82) is 0 Å². The first-order chi connectivity index (χ1) is 11.3. The van der Waals surface area contributed by atoms with Crippen LogP contribution < -0.4 is 4.90 Å². The molecule has 0 bridgehead atoms. The number of hydrogen-bond acceptors (Lipinski definition) is 3. The lowest BCUT2D eigenvalue weighted by atomic mass is 10.1. The van der Waals surface area contributed by atoms with Crippen LogP contribution in [0.4, 0.5) is 5.69 Å². The van der Waals surface area contributed by atoms with Gasteiger partial charge in [-0.2, -0.15) is 5.10 Å². The third-order valence-corrected chi connectivity index (χ3v) is 5.15. The van der Waals surface area contributed by atoms with Crippen LogP contribution in [0.15, 0.2) is 60.2 Å². The summed E-state index contributed by atoms with van der Waals surface area (Å²) < 4.78 is 0. The molecule has 116 valence electrons. The molecule has 0 radical (unpaired) electrons. The van der Waals surface area contributed by atoms with Gasteiger partial charge in [-0.05, 0) is 29.3 Å². The molecule has 1 fully saturated rings. The molecule has 3 aromatic rings. The van der Waals surface area contributed by atoms with E-state index in [4.69, 9.17) is 0 Å². The predicted molar refractivity (Wildman–Crippen MR) is 91.4 cm³/mol. The number of aromatic nitrogens is 2. The Morgan fingerprint density at radius 2 is 2.13 bits per heavy atom. The zero-order valence-corrected chi connectivity index (χ0v) is 13.4. The topological polar surface area (TPSA) is 49.0 Å². The molecule has 1 unspecified atom stereocenters. The number of carbonyl (C=O) groups is 1. The monoisotopic (exact) mass is 323 g/mol. The smallest absolute Gasteiger partial charge is 0.231 e. The first kappa shape index (κ1) is 14.2. The number of anilines is 1. The molecule has 5 heteroatoms. The van der Waals surface area contributed by atoms with Crippen molar-refractivity contribution in [2.24, 2.45) is 5.92 Å². The standard InChI is InChI=1S/C18H17N3OS/c22-18(17-9-16(17)13-5-2-1-3-6-13)21(14-10-19-20-11-14)12-15-7-4-8-23-15/h1-8,10-11,16-17H,9,12H2,(H,19,20)/t16?,17-/m0/s1. The first-order valence-electron chi connectivity index (χ1n) is 7.70. The van der Waals surface area contributed by atoms with E-state index in [9.17, 15) is 4.79 Å². The third-order valence-electron chi connectivity index (χ3n) is 4.29. The average molecular weight is 323 g/mol. The van der Waals surface area contributed by atoms with Crippen LogP contribution in [0.2, 0.25) is 0 Å². The summed E-state index contributed by atoms with van der Waals surface area (Å²) in [5, 5.41) is 8.84. The van der Waals surface area contributed by atoms with Crippen LogP contribution in [-0.4, -0.2) is 16.1 Å². The normalized spacial score (nSPS) is 19.5. The molecule has 1 N–H and O–H groups in total. The first-order valence-corrected chi connectivity index (χ1v) is 8.58. The van der Waals surface area contributed by atoms with E-state index in [-0.39, 0.29) is 11.8 Å². The summed E-state index contributed by atoms with van der Waals surface area (Å²) in [5.41, 5.74) is 2.09. The lowest BCUT2D eigenvalue weighted by Crippen LogP contribution is -2.31. The Bertz CT molecular complexity index is 768. The van der Waals surface area contributed by atoms with Gasteiger partial charge in [-0.15, -0.1) is 11.3 Å². The van der Waals surface area contributed by atoms with Crippen molar-refractivity contribution in [2.45, 2.75) is 18.9 Å². The van der Waals surface area contributed by atoms with Crippen molar-refractivity contribution in [1.82, 2.24) is 10.2 Å². The van der Waals surface area contributed by atoms with Crippen molar-refractivity contribution >= 4 is 22.9 Å². The molecule has 1 aliphatic rings. The van der Waals surface area contributed by atoms with Gasteiger partial charge in [-0.25, -0.2) is 0 Å². The fourth-order valence-electron chi connectivity index (χ4n) is 2.98. The zero-order chi connectivity index (χ0) is 15.6. The molecular formula is C18H17N3OS. The number of nitrogens with zero attached hydrogens (tertiary/aromatic N) is 2.